The van der Waals surface area contributed by atoms with Crippen molar-refractivity contribution in [2.24, 2.45) is 11.7 Å². The van der Waals surface area contributed by atoms with Gasteiger partial charge in [0.15, 0.2) is 0 Å². The predicted octanol–water partition coefficient (Wildman–Crippen LogP) is 4.34. The van der Waals surface area contributed by atoms with E-state index in [0.29, 0.717) is 22.0 Å². The molecule has 0 aliphatic carbocycles. The fraction of sp³-hybridized carbons (Fsp3) is 0.600. The van der Waals surface area contributed by atoms with Gasteiger partial charge in [0, 0.05) is 34.9 Å². The first-order valence-corrected chi connectivity index (χ1v) is 7.82. The third kappa shape index (κ3) is 4.01. The SMILES string of the molecule is CCCC[C@H]1CN(c2cc(Cl)cc(Cl)c2)CC[C@@H]1N. The number of benzene rings is 1. The second kappa shape index (κ2) is 6.83. The summed E-state index contributed by atoms with van der Waals surface area (Å²) in [6.07, 6.45) is 4.73. The van der Waals surface area contributed by atoms with Gasteiger partial charge in [-0.3, -0.25) is 0 Å². The van der Waals surface area contributed by atoms with E-state index in [4.69, 9.17) is 28.9 Å². The Kier molecular flexibility index (Phi) is 5.37. The Labute approximate surface area is 125 Å². The highest BCUT2D eigenvalue weighted by molar-refractivity contribution is 6.35. The highest BCUT2D eigenvalue weighted by atomic mass is 35.5. The standard InChI is InChI=1S/C15H22Cl2N2/c1-2-3-4-11-10-19(6-5-15(11)18)14-8-12(16)7-13(17)9-14/h7-9,11,15H,2-6,10,18H2,1H3/t11-,15-/m0/s1. The van der Waals surface area contributed by atoms with E-state index in [1.54, 1.807) is 6.07 Å². The summed E-state index contributed by atoms with van der Waals surface area (Å²) in [5.74, 6) is 0.575. The van der Waals surface area contributed by atoms with Crippen molar-refractivity contribution in [1.82, 2.24) is 0 Å². The summed E-state index contributed by atoms with van der Waals surface area (Å²) in [5, 5.41) is 1.39. The van der Waals surface area contributed by atoms with Gasteiger partial charge in [-0.2, -0.15) is 0 Å². The maximum absolute atomic E-state index is 6.24. The molecular weight excluding hydrogens is 279 g/mol. The Morgan fingerprint density at radius 2 is 1.95 bits per heavy atom. The number of anilines is 1. The average molecular weight is 301 g/mol. The summed E-state index contributed by atoms with van der Waals surface area (Å²) in [6, 6.07) is 6.08. The maximum atomic E-state index is 6.24. The van der Waals surface area contributed by atoms with E-state index in [9.17, 15) is 0 Å². The minimum Gasteiger partial charge on any atom is -0.371 e. The topological polar surface area (TPSA) is 29.3 Å². The number of nitrogens with two attached hydrogens (primary N) is 1. The number of rotatable bonds is 4. The van der Waals surface area contributed by atoms with Crippen LogP contribution in [0.25, 0.3) is 0 Å². The molecule has 1 aliphatic heterocycles. The minimum absolute atomic E-state index is 0.331. The van der Waals surface area contributed by atoms with Crippen LogP contribution in [0.4, 0.5) is 5.69 Å². The molecule has 2 N–H and O–H groups in total. The normalized spacial score (nSPS) is 23.7. The maximum Gasteiger partial charge on any atom is 0.0441 e. The van der Waals surface area contributed by atoms with E-state index >= 15 is 0 Å². The summed E-state index contributed by atoms with van der Waals surface area (Å²) in [4.78, 5) is 2.36. The average Bonchev–Trinajstić information content (AvgIpc) is 2.36. The molecule has 2 rings (SSSR count). The Morgan fingerprint density at radius 1 is 1.26 bits per heavy atom. The molecule has 0 radical (unpaired) electrons. The molecule has 1 saturated heterocycles. The van der Waals surface area contributed by atoms with Crippen molar-refractivity contribution >= 4 is 28.9 Å². The minimum atomic E-state index is 0.331. The van der Waals surface area contributed by atoms with Crippen LogP contribution in [-0.2, 0) is 0 Å². The zero-order valence-electron chi connectivity index (χ0n) is 11.4. The Hall–Kier alpha value is -0.440. The second-order valence-corrected chi connectivity index (χ2v) is 6.30. The summed E-state index contributed by atoms with van der Waals surface area (Å²) < 4.78 is 0. The van der Waals surface area contributed by atoms with E-state index in [1.807, 2.05) is 12.1 Å². The monoisotopic (exact) mass is 300 g/mol. The van der Waals surface area contributed by atoms with Gasteiger partial charge < -0.3 is 10.6 Å². The molecule has 1 aromatic rings. The van der Waals surface area contributed by atoms with Gasteiger partial charge >= 0.3 is 0 Å². The summed E-state index contributed by atoms with van der Waals surface area (Å²) in [5.41, 5.74) is 7.36. The van der Waals surface area contributed by atoms with Crippen LogP contribution in [-0.4, -0.2) is 19.1 Å². The van der Waals surface area contributed by atoms with Crippen LogP contribution in [0.1, 0.15) is 32.6 Å². The molecule has 0 spiro atoms. The van der Waals surface area contributed by atoms with Crippen molar-refractivity contribution in [2.75, 3.05) is 18.0 Å². The Bertz CT molecular complexity index is 402. The Morgan fingerprint density at radius 3 is 2.58 bits per heavy atom. The highest BCUT2D eigenvalue weighted by Crippen LogP contribution is 2.30. The molecule has 1 heterocycles. The molecule has 106 valence electrons. The number of unbranched alkanes of at least 4 members (excludes halogenated alkanes) is 1. The first-order chi connectivity index (χ1) is 9.10. The summed E-state index contributed by atoms with van der Waals surface area (Å²) >= 11 is 12.2. The van der Waals surface area contributed by atoms with Crippen molar-refractivity contribution in [3.63, 3.8) is 0 Å². The summed E-state index contributed by atoms with van der Waals surface area (Å²) in [6.45, 7) is 4.22. The predicted molar refractivity (Wildman–Crippen MR) is 84.3 cm³/mol. The van der Waals surface area contributed by atoms with Crippen molar-refractivity contribution in [3.8, 4) is 0 Å². The van der Waals surface area contributed by atoms with E-state index in [-0.39, 0.29) is 0 Å². The fourth-order valence-corrected chi connectivity index (χ4v) is 3.29. The van der Waals surface area contributed by atoms with E-state index in [2.05, 4.69) is 11.8 Å². The van der Waals surface area contributed by atoms with Crippen LogP contribution < -0.4 is 10.6 Å². The number of piperidine rings is 1. The van der Waals surface area contributed by atoms with Crippen LogP contribution in [0.2, 0.25) is 10.0 Å². The lowest BCUT2D eigenvalue weighted by atomic mass is 9.88. The molecular formula is C15H22Cl2N2. The highest BCUT2D eigenvalue weighted by Gasteiger charge is 2.26. The fourth-order valence-electron chi connectivity index (χ4n) is 2.78. The van der Waals surface area contributed by atoms with Gasteiger partial charge in [0.2, 0.25) is 0 Å². The number of nitrogens with zero attached hydrogens (tertiary/aromatic N) is 1. The van der Waals surface area contributed by atoms with Crippen LogP contribution in [0.15, 0.2) is 18.2 Å². The number of hydrogen-bond acceptors (Lipinski definition) is 2. The van der Waals surface area contributed by atoms with Gasteiger partial charge in [-0.05, 0) is 37.0 Å². The van der Waals surface area contributed by atoms with Gasteiger partial charge in [-0.15, -0.1) is 0 Å². The van der Waals surface area contributed by atoms with Gasteiger partial charge in [-0.1, -0.05) is 43.0 Å². The van der Waals surface area contributed by atoms with Gasteiger partial charge in [0.1, 0.15) is 0 Å². The van der Waals surface area contributed by atoms with E-state index < -0.39 is 0 Å². The third-order valence-corrected chi connectivity index (χ3v) is 4.37. The largest absolute Gasteiger partial charge is 0.371 e. The smallest absolute Gasteiger partial charge is 0.0441 e. The Balaban J connectivity index is 2.08. The van der Waals surface area contributed by atoms with Gasteiger partial charge in [0.05, 0.1) is 0 Å². The molecule has 4 heteroatoms. The second-order valence-electron chi connectivity index (χ2n) is 5.43. The van der Waals surface area contributed by atoms with E-state index in [0.717, 1.165) is 25.2 Å². The molecule has 19 heavy (non-hydrogen) atoms. The molecule has 0 amide bonds. The van der Waals surface area contributed by atoms with Crippen LogP contribution in [0.5, 0.6) is 0 Å². The van der Waals surface area contributed by atoms with Gasteiger partial charge in [-0.25, -0.2) is 0 Å². The molecule has 0 bridgehead atoms. The lowest BCUT2D eigenvalue weighted by Gasteiger charge is -2.38. The lowest BCUT2D eigenvalue weighted by molar-refractivity contribution is 0.330. The number of halogens is 2. The zero-order valence-corrected chi connectivity index (χ0v) is 12.9. The molecule has 1 aromatic carbocycles. The van der Waals surface area contributed by atoms with Crippen LogP contribution >= 0.6 is 23.2 Å². The van der Waals surface area contributed by atoms with Gasteiger partial charge in [0.25, 0.3) is 0 Å². The molecule has 0 saturated carbocycles. The van der Waals surface area contributed by atoms with Crippen LogP contribution in [0, 0.1) is 5.92 Å². The molecule has 1 aliphatic rings. The molecule has 2 atom stereocenters. The molecule has 1 fully saturated rings. The van der Waals surface area contributed by atoms with Crippen molar-refractivity contribution in [3.05, 3.63) is 28.2 Å². The quantitative estimate of drug-likeness (QED) is 0.896. The molecule has 0 aromatic heterocycles. The van der Waals surface area contributed by atoms with E-state index in [1.165, 1.54) is 19.3 Å². The van der Waals surface area contributed by atoms with Crippen molar-refractivity contribution in [1.29, 1.82) is 0 Å². The van der Waals surface area contributed by atoms with Crippen molar-refractivity contribution < 1.29 is 0 Å². The summed E-state index contributed by atoms with van der Waals surface area (Å²) in [7, 11) is 0. The molecule has 2 nitrogen and oxygen atoms in total. The lowest BCUT2D eigenvalue weighted by Crippen LogP contribution is -2.47. The zero-order chi connectivity index (χ0) is 13.8. The van der Waals surface area contributed by atoms with Crippen LogP contribution in [0.3, 0.4) is 0 Å². The third-order valence-electron chi connectivity index (χ3n) is 3.93. The first kappa shape index (κ1) is 15.0. The number of hydrogen-bond donors (Lipinski definition) is 1. The van der Waals surface area contributed by atoms with Crippen molar-refractivity contribution in [2.45, 2.75) is 38.6 Å². The first-order valence-electron chi connectivity index (χ1n) is 7.06. The molecule has 0 unspecified atom stereocenters.